The zero-order chi connectivity index (χ0) is 15.6. The highest BCUT2D eigenvalue weighted by Crippen LogP contribution is 2.13. The van der Waals surface area contributed by atoms with Crippen LogP contribution >= 0.6 is 0 Å². The molecule has 0 unspecified atom stereocenters. The van der Waals surface area contributed by atoms with E-state index >= 15 is 0 Å². The van der Waals surface area contributed by atoms with Gasteiger partial charge in [0.05, 0.1) is 0 Å². The Kier molecular flexibility index (Phi) is 3.97. The van der Waals surface area contributed by atoms with E-state index in [2.05, 4.69) is 10.3 Å². The molecule has 2 aromatic rings. The summed E-state index contributed by atoms with van der Waals surface area (Å²) in [4.78, 5) is 27.4. The Morgan fingerprint density at radius 1 is 1.33 bits per heavy atom. The molecule has 0 atom stereocenters. The second-order valence-corrected chi connectivity index (χ2v) is 4.36. The van der Waals surface area contributed by atoms with Crippen molar-refractivity contribution in [2.24, 2.45) is 0 Å². The van der Waals surface area contributed by atoms with Gasteiger partial charge in [0.2, 0.25) is 11.9 Å². The summed E-state index contributed by atoms with van der Waals surface area (Å²) in [6.45, 7) is 1.22. The molecule has 8 heteroatoms. The molecule has 6 nitrogen and oxygen atoms in total. The number of halogens is 2. The quantitative estimate of drug-likeness (QED) is 0.885. The minimum absolute atomic E-state index is 0.0746. The minimum Gasteiger partial charge on any atom is -0.369 e. The summed E-state index contributed by atoms with van der Waals surface area (Å²) in [5, 5.41) is 2.34. The summed E-state index contributed by atoms with van der Waals surface area (Å²) in [7, 11) is 0. The third kappa shape index (κ3) is 3.41. The number of amides is 1. The highest BCUT2D eigenvalue weighted by molar-refractivity contribution is 5.90. The molecule has 2 rings (SSSR count). The lowest BCUT2D eigenvalue weighted by atomic mass is 10.3. The number of benzene rings is 1. The number of nitrogens with one attached hydrogen (secondary N) is 1. The van der Waals surface area contributed by atoms with Crippen molar-refractivity contribution in [3.05, 3.63) is 51.9 Å². The number of hydrogen-bond donors (Lipinski definition) is 2. The van der Waals surface area contributed by atoms with E-state index in [0.29, 0.717) is 5.69 Å². The van der Waals surface area contributed by atoms with Crippen LogP contribution in [0.5, 0.6) is 0 Å². The van der Waals surface area contributed by atoms with Crippen molar-refractivity contribution in [3.8, 4) is 0 Å². The zero-order valence-corrected chi connectivity index (χ0v) is 11.1. The van der Waals surface area contributed by atoms with Gasteiger partial charge in [-0.25, -0.2) is 13.8 Å². The van der Waals surface area contributed by atoms with Gasteiger partial charge in [0.1, 0.15) is 6.54 Å². The molecular formula is C13H12F2N4O2. The lowest BCUT2D eigenvalue weighted by molar-refractivity contribution is -0.116. The largest absolute Gasteiger partial charge is 0.369 e. The van der Waals surface area contributed by atoms with E-state index in [1.807, 2.05) is 0 Å². The molecule has 0 spiro atoms. The Hall–Kier alpha value is -2.77. The number of nitrogen functional groups attached to an aromatic ring is 1. The van der Waals surface area contributed by atoms with Crippen molar-refractivity contribution < 1.29 is 13.6 Å². The molecule has 1 aromatic heterocycles. The third-order valence-corrected chi connectivity index (χ3v) is 2.67. The van der Waals surface area contributed by atoms with Crippen LogP contribution in [0.3, 0.4) is 0 Å². The Bertz CT molecular complexity index is 758. The molecule has 1 aromatic carbocycles. The van der Waals surface area contributed by atoms with Gasteiger partial charge in [-0.15, -0.1) is 0 Å². The minimum atomic E-state index is -1.08. The van der Waals surface area contributed by atoms with E-state index in [-0.39, 0.29) is 18.2 Å². The van der Waals surface area contributed by atoms with Gasteiger partial charge in [-0.05, 0) is 19.1 Å². The van der Waals surface area contributed by atoms with Crippen LogP contribution < -0.4 is 16.6 Å². The first-order valence-corrected chi connectivity index (χ1v) is 5.95. The van der Waals surface area contributed by atoms with E-state index in [9.17, 15) is 18.4 Å². The second kappa shape index (κ2) is 5.70. The van der Waals surface area contributed by atoms with Crippen LogP contribution in [0, 0.1) is 18.6 Å². The first-order valence-electron chi connectivity index (χ1n) is 5.95. The van der Waals surface area contributed by atoms with E-state index in [1.165, 1.54) is 12.1 Å². The number of aryl methyl sites for hydroxylation is 1. The van der Waals surface area contributed by atoms with Crippen molar-refractivity contribution in [2.75, 3.05) is 11.1 Å². The number of rotatable bonds is 3. The monoisotopic (exact) mass is 294 g/mol. The van der Waals surface area contributed by atoms with Crippen LogP contribution in [0.15, 0.2) is 29.1 Å². The zero-order valence-electron chi connectivity index (χ0n) is 11.1. The predicted octanol–water partition coefficient (Wildman–Crippen LogP) is 1.05. The number of anilines is 2. The molecule has 0 saturated carbocycles. The standard InChI is InChI=1S/C13H12F2N4O2/c1-7-4-12(21)19(13(16)17-7)6-11(20)18-8-2-3-9(14)10(15)5-8/h2-5H,6H2,1H3,(H2,16,17)(H,18,20). The third-order valence-electron chi connectivity index (χ3n) is 2.67. The topological polar surface area (TPSA) is 90.0 Å². The summed E-state index contributed by atoms with van der Waals surface area (Å²) < 4.78 is 26.8. The summed E-state index contributed by atoms with van der Waals surface area (Å²) in [5.41, 5.74) is 5.61. The molecule has 3 N–H and O–H groups in total. The highest BCUT2D eigenvalue weighted by atomic mass is 19.2. The number of carbonyl (C=O) groups excluding carboxylic acids is 1. The first kappa shape index (κ1) is 14.6. The second-order valence-electron chi connectivity index (χ2n) is 4.36. The van der Waals surface area contributed by atoms with Crippen molar-refractivity contribution in [2.45, 2.75) is 13.5 Å². The molecular weight excluding hydrogens is 282 g/mol. The number of nitrogens with zero attached hydrogens (tertiary/aromatic N) is 2. The van der Waals surface area contributed by atoms with E-state index in [1.54, 1.807) is 6.92 Å². The molecule has 1 amide bonds. The smallest absolute Gasteiger partial charge is 0.255 e. The van der Waals surface area contributed by atoms with Crippen LogP contribution in [0.2, 0.25) is 0 Å². The van der Waals surface area contributed by atoms with Crippen molar-refractivity contribution in [1.82, 2.24) is 9.55 Å². The average Bonchev–Trinajstić information content (AvgIpc) is 2.38. The molecule has 110 valence electrons. The molecule has 0 bridgehead atoms. The maximum atomic E-state index is 13.0. The summed E-state index contributed by atoms with van der Waals surface area (Å²) >= 11 is 0. The first-order chi connectivity index (χ1) is 9.86. The number of hydrogen-bond acceptors (Lipinski definition) is 4. The maximum Gasteiger partial charge on any atom is 0.255 e. The molecule has 0 aliphatic carbocycles. The fourth-order valence-electron chi connectivity index (χ4n) is 1.72. The van der Waals surface area contributed by atoms with Crippen LogP contribution in [-0.2, 0) is 11.3 Å². The lowest BCUT2D eigenvalue weighted by Crippen LogP contribution is -2.30. The Morgan fingerprint density at radius 3 is 2.67 bits per heavy atom. The van der Waals surface area contributed by atoms with Gasteiger partial charge >= 0.3 is 0 Å². The normalized spacial score (nSPS) is 10.4. The highest BCUT2D eigenvalue weighted by Gasteiger charge is 2.10. The summed E-state index contributed by atoms with van der Waals surface area (Å²) in [6, 6.07) is 4.17. The van der Waals surface area contributed by atoms with Crippen LogP contribution in [0.25, 0.3) is 0 Å². The SMILES string of the molecule is Cc1cc(=O)n(CC(=O)Nc2ccc(F)c(F)c2)c(N)n1. The molecule has 0 fully saturated rings. The number of carbonyl (C=O) groups is 1. The van der Waals surface area contributed by atoms with Gasteiger partial charge in [-0.3, -0.25) is 14.2 Å². The van der Waals surface area contributed by atoms with Gasteiger partial charge < -0.3 is 11.1 Å². The van der Waals surface area contributed by atoms with Gasteiger partial charge in [0, 0.05) is 23.5 Å². The van der Waals surface area contributed by atoms with Gasteiger partial charge in [-0.2, -0.15) is 0 Å². The fourth-order valence-corrected chi connectivity index (χ4v) is 1.72. The van der Waals surface area contributed by atoms with Crippen molar-refractivity contribution in [1.29, 1.82) is 0 Å². The summed E-state index contributed by atoms with van der Waals surface area (Å²) in [5.74, 6) is -2.81. The number of aromatic nitrogens is 2. The van der Waals surface area contributed by atoms with Gasteiger partial charge in [0.15, 0.2) is 11.6 Å². The van der Waals surface area contributed by atoms with Crippen LogP contribution in [0.4, 0.5) is 20.4 Å². The average molecular weight is 294 g/mol. The molecule has 21 heavy (non-hydrogen) atoms. The Balaban J connectivity index is 2.15. The van der Waals surface area contributed by atoms with E-state index in [4.69, 9.17) is 5.73 Å². The van der Waals surface area contributed by atoms with Crippen molar-refractivity contribution >= 4 is 17.5 Å². The van der Waals surface area contributed by atoms with Crippen LogP contribution in [0.1, 0.15) is 5.69 Å². The van der Waals surface area contributed by atoms with Gasteiger partial charge in [0.25, 0.3) is 5.56 Å². The van der Waals surface area contributed by atoms with E-state index in [0.717, 1.165) is 16.7 Å². The lowest BCUT2D eigenvalue weighted by Gasteiger charge is -2.10. The van der Waals surface area contributed by atoms with Gasteiger partial charge in [-0.1, -0.05) is 0 Å². The Labute approximate surface area is 118 Å². The molecule has 0 aliphatic rings. The fraction of sp³-hybridized carbons (Fsp3) is 0.154. The molecule has 0 aliphatic heterocycles. The van der Waals surface area contributed by atoms with Crippen molar-refractivity contribution in [3.63, 3.8) is 0 Å². The molecule has 1 heterocycles. The maximum absolute atomic E-state index is 13.0. The predicted molar refractivity (Wildman–Crippen MR) is 72.6 cm³/mol. The van der Waals surface area contributed by atoms with E-state index < -0.39 is 23.1 Å². The number of nitrogens with two attached hydrogens (primary N) is 1. The molecule has 0 saturated heterocycles. The molecule has 0 radical (unpaired) electrons. The Morgan fingerprint density at radius 2 is 2.05 bits per heavy atom. The van der Waals surface area contributed by atoms with Crippen LogP contribution in [-0.4, -0.2) is 15.5 Å². The summed E-state index contributed by atoms with van der Waals surface area (Å²) in [6.07, 6.45) is 0.